The Morgan fingerprint density at radius 3 is 2.60 bits per heavy atom. The Morgan fingerprint density at radius 1 is 1.11 bits per heavy atom. The van der Waals surface area contributed by atoms with E-state index < -0.39 is 0 Å². The summed E-state index contributed by atoms with van der Waals surface area (Å²) in [6.45, 7) is 12.7. The van der Waals surface area contributed by atoms with E-state index in [0.29, 0.717) is 24.4 Å². The third kappa shape index (κ3) is 5.24. The van der Waals surface area contributed by atoms with Crippen molar-refractivity contribution in [2.24, 2.45) is 34.5 Å². The zero-order chi connectivity index (χ0) is 25.2. The molecule has 0 amide bonds. The molecule has 3 saturated carbocycles. The van der Waals surface area contributed by atoms with E-state index in [1.54, 1.807) is 0 Å². The van der Waals surface area contributed by atoms with Crippen LogP contribution in [0.4, 0.5) is 0 Å². The number of carbonyl (C=O) groups is 2. The van der Waals surface area contributed by atoms with E-state index in [4.69, 9.17) is 9.47 Å². The number of esters is 2. The van der Waals surface area contributed by atoms with E-state index in [2.05, 4.69) is 37.6 Å². The third-order valence-electron chi connectivity index (χ3n) is 9.61. The lowest BCUT2D eigenvalue weighted by Gasteiger charge is -2.56. The molecular weight excluding hydrogens is 438 g/mol. The van der Waals surface area contributed by atoms with Gasteiger partial charge in [0.05, 0.1) is 12.3 Å². The molecule has 35 heavy (non-hydrogen) atoms. The van der Waals surface area contributed by atoms with Gasteiger partial charge in [-0.05, 0) is 91.7 Å². The van der Waals surface area contributed by atoms with Crippen LogP contribution in [0.25, 0.3) is 6.08 Å². The first-order valence-electron chi connectivity index (χ1n) is 13.2. The van der Waals surface area contributed by atoms with Crippen molar-refractivity contribution in [2.75, 3.05) is 6.61 Å². The second kappa shape index (κ2) is 10.3. The zero-order valence-corrected chi connectivity index (χ0v) is 21.8. The minimum absolute atomic E-state index is 0.0119. The van der Waals surface area contributed by atoms with Gasteiger partial charge < -0.3 is 9.47 Å². The van der Waals surface area contributed by atoms with Crippen molar-refractivity contribution < 1.29 is 19.1 Å². The summed E-state index contributed by atoms with van der Waals surface area (Å²) in [5.74, 6) is 1.03. The summed E-state index contributed by atoms with van der Waals surface area (Å²) >= 11 is 0. The molecule has 2 unspecified atom stereocenters. The fourth-order valence-electron chi connectivity index (χ4n) is 7.58. The van der Waals surface area contributed by atoms with Crippen molar-refractivity contribution in [3.63, 3.8) is 0 Å². The van der Waals surface area contributed by atoms with Crippen LogP contribution in [-0.4, -0.2) is 29.6 Å². The molecule has 0 aromatic carbocycles. The van der Waals surface area contributed by atoms with Crippen LogP contribution >= 0.6 is 0 Å². The molecule has 0 N–H and O–H groups in total. The SMILES string of the molecule is C=C1CCC2[C@H](COC(C)=O)C([C@@]3(C)CC[C@H](OC(C)=O)C[C@@H]3/C=C/c3ccccn3)CC[C@]12C. The molecule has 3 fully saturated rings. The van der Waals surface area contributed by atoms with Crippen LogP contribution in [0.1, 0.15) is 78.3 Å². The third-order valence-corrected chi connectivity index (χ3v) is 9.61. The highest BCUT2D eigenvalue weighted by molar-refractivity contribution is 5.66. The first kappa shape index (κ1) is 25.7. The number of fused-ring (bicyclic) bond motifs is 1. The van der Waals surface area contributed by atoms with E-state index in [1.165, 1.54) is 19.4 Å². The van der Waals surface area contributed by atoms with Crippen molar-refractivity contribution in [2.45, 2.75) is 78.7 Å². The van der Waals surface area contributed by atoms with Crippen molar-refractivity contribution in [1.29, 1.82) is 0 Å². The fraction of sp³-hybridized carbons (Fsp3) is 0.633. The maximum atomic E-state index is 11.8. The van der Waals surface area contributed by atoms with Crippen LogP contribution in [-0.2, 0) is 19.1 Å². The van der Waals surface area contributed by atoms with Crippen LogP contribution in [0.15, 0.2) is 42.6 Å². The first-order valence-corrected chi connectivity index (χ1v) is 13.2. The van der Waals surface area contributed by atoms with Gasteiger partial charge in [-0.3, -0.25) is 14.6 Å². The standard InChI is InChI=1S/C30H41NO4/c1-20-9-12-27-26(19-34-21(2)32)28(14-16-29(20,27)4)30(5)15-13-25(35-22(3)33)18-23(30)10-11-24-8-6-7-17-31-24/h6-8,10-11,17,23,25-28H,1,9,12-16,18-19H2,2-5H3/b11-10+/t23-,25-,26-,27?,28?,29+,30-/m0/s1. The molecule has 3 aliphatic rings. The second-order valence-corrected chi connectivity index (χ2v) is 11.5. The number of hydrogen-bond donors (Lipinski definition) is 0. The minimum atomic E-state index is -0.211. The Kier molecular flexibility index (Phi) is 7.54. The Labute approximate surface area is 210 Å². The summed E-state index contributed by atoms with van der Waals surface area (Å²) in [7, 11) is 0. The Morgan fingerprint density at radius 2 is 1.91 bits per heavy atom. The molecule has 1 heterocycles. The Hall–Kier alpha value is -2.43. The monoisotopic (exact) mass is 479 g/mol. The number of nitrogens with zero attached hydrogens (tertiary/aromatic N) is 1. The summed E-state index contributed by atoms with van der Waals surface area (Å²) in [5.41, 5.74) is 2.44. The predicted molar refractivity (Wildman–Crippen MR) is 137 cm³/mol. The summed E-state index contributed by atoms with van der Waals surface area (Å²) in [6.07, 6.45) is 13.2. The summed E-state index contributed by atoms with van der Waals surface area (Å²) in [4.78, 5) is 28.1. The van der Waals surface area contributed by atoms with Gasteiger partial charge in [0.2, 0.25) is 0 Å². The number of ether oxygens (including phenoxy) is 2. The molecular formula is C30H41NO4. The Bertz CT molecular complexity index is 972. The van der Waals surface area contributed by atoms with Crippen LogP contribution < -0.4 is 0 Å². The average molecular weight is 480 g/mol. The van der Waals surface area contributed by atoms with E-state index in [-0.39, 0.29) is 34.8 Å². The smallest absolute Gasteiger partial charge is 0.302 e. The van der Waals surface area contributed by atoms with Crippen LogP contribution in [0.5, 0.6) is 0 Å². The van der Waals surface area contributed by atoms with Gasteiger partial charge in [-0.1, -0.05) is 38.1 Å². The van der Waals surface area contributed by atoms with Crippen molar-refractivity contribution >= 4 is 18.0 Å². The molecule has 0 radical (unpaired) electrons. The van der Waals surface area contributed by atoms with E-state index in [0.717, 1.165) is 50.6 Å². The molecule has 0 spiro atoms. The Balaban J connectivity index is 1.66. The highest BCUT2D eigenvalue weighted by Crippen LogP contribution is 2.63. The summed E-state index contributed by atoms with van der Waals surface area (Å²) < 4.78 is 11.4. The lowest BCUT2D eigenvalue weighted by Crippen LogP contribution is -2.51. The number of allylic oxidation sites excluding steroid dienone is 2. The van der Waals surface area contributed by atoms with Crippen molar-refractivity contribution in [1.82, 2.24) is 4.98 Å². The zero-order valence-electron chi connectivity index (χ0n) is 21.8. The quantitative estimate of drug-likeness (QED) is 0.349. The predicted octanol–water partition coefficient (Wildman–Crippen LogP) is 6.39. The normalized spacial score (nSPS) is 37.1. The first-order chi connectivity index (χ1) is 16.6. The van der Waals surface area contributed by atoms with Crippen molar-refractivity contribution in [3.05, 3.63) is 48.3 Å². The van der Waals surface area contributed by atoms with Gasteiger partial charge in [0.25, 0.3) is 0 Å². The average Bonchev–Trinajstić information content (AvgIpc) is 3.12. The van der Waals surface area contributed by atoms with Gasteiger partial charge in [-0.25, -0.2) is 0 Å². The molecule has 1 aromatic heterocycles. The summed E-state index contributed by atoms with van der Waals surface area (Å²) in [5, 5.41) is 0. The van der Waals surface area contributed by atoms with Crippen LogP contribution in [0.3, 0.4) is 0 Å². The lowest BCUT2D eigenvalue weighted by molar-refractivity contribution is -0.154. The largest absolute Gasteiger partial charge is 0.466 e. The molecule has 7 atom stereocenters. The molecule has 5 heteroatoms. The number of carbonyl (C=O) groups excluding carboxylic acids is 2. The molecule has 3 aliphatic carbocycles. The molecule has 0 aliphatic heterocycles. The van der Waals surface area contributed by atoms with Gasteiger partial charge in [0.15, 0.2) is 0 Å². The topological polar surface area (TPSA) is 65.5 Å². The van der Waals surface area contributed by atoms with Crippen molar-refractivity contribution in [3.8, 4) is 0 Å². The highest BCUT2D eigenvalue weighted by Gasteiger charge is 2.57. The van der Waals surface area contributed by atoms with E-state index >= 15 is 0 Å². The highest BCUT2D eigenvalue weighted by atomic mass is 16.5. The van der Waals surface area contributed by atoms with E-state index in [1.807, 2.05) is 24.4 Å². The molecule has 0 saturated heterocycles. The fourth-order valence-corrected chi connectivity index (χ4v) is 7.58. The number of aromatic nitrogens is 1. The summed E-state index contributed by atoms with van der Waals surface area (Å²) in [6, 6.07) is 5.94. The second-order valence-electron chi connectivity index (χ2n) is 11.5. The maximum absolute atomic E-state index is 11.8. The van der Waals surface area contributed by atoms with Gasteiger partial charge in [-0.2, -0.15) is 0 Å². The van der Waals surface area contributed by atoms with E-state index in [9.17, 15) is 9.59 Å². The molecule has 190 valence electrons. The molecule has 0 bridgehead atoms. The number of pyridine rings is 1. The molecule has 1 aromatic rings. The van der Waals surface area contributed by atoms with Gasteiger partial charge in [0, 0.05) is 26.0 Å². The van der Waals surface area contributed by atoms with Gasteiger partial charge in [0.1, 0.15) is 6.10 Å². The number of rotatable bonds is 6. The maximum Gasteiger partial charge on any atom is 0.302 e. The lowest BCUT2D eigenvalue weighted by atomic mass is 9.49. The molecule has 5 nitrogen and oxygen atoms in total. The number of hydrogen-bond acceptors (Lipinski definition) is 5. The van der Waals surface area contributed by atoms with Gasteiger partial charge in [-0.15, -0.1) is 0 Å². The van der Waals surface area contributed by atoms with Gasteiger partial charge >= 0.3 is 11.9 Å². The van der Waals surface area contributed by atoms with Crippen LogP contribution in [0.2, 0.25) is 0 Å². The minimum Gasteiger partial charge on any atom is -0.466 e. The van der Waals surface area contributed by atoms with Crippen LogP contribution in [0, 0.1) is 34.5 Å². The molecule has 4 rings (SSSR count).